The van der Waals surface area contributed by atoms with Gasteiger partial charge >= 0.3 is 0 Å². The van der Waals surface area contributed by atoms with Gasteiger partial charge in [0.1, 0.15) is 44.2 Å². The summed E-state index contributed by atoms with van der Waals surface area (Å²) < 4.78 is 17.9. The molecule has 24 heteroatoms. The molecular weight excluding hydrogens is 873 g/mol. The van der Waals surface area contributed by atoms with Crippen LogP contribution in [-0.2, 0) is 0 Å². The van der Waals surface area contributed by atoms with E-state index < -0.39 is 0 Å². The summed E-state index contributed by atoms with van der Waals surface area (Å²) in [5, 5.41) is 18.6. The van der Waals surface area contributed by atoms with E-state index in [4.69, 9.17) is 0 Å². The number of pyridine rings is 1. The van der Waals surface area contributed by atoms with E-state index in [0.717, 1.165) is 0 Å². The zero-order valence-corrected chi connectivity index (χ0v) is 36.3. The molecule has 0 amide bonds. The molecule has 0 fully saturated rings. The minimum absolute atomic E-state index is 1.26. The number of benzene rings is 1. The van der Waals surface area contributed by atoms with Gasteiger partial charge in [0, 0.05) is 74.4 Å². The predicted octanol–water partition coefficient (Wildman–Crippen LogP) is 7.80. The zero-order chi connectivity index (χ0) is 48.1. The molecule has 13 rings (SSSR count). The SMILES string of the molecule is c1c[nH]cn1.c1c[nH]cn1.c1c[nH]cn1.c1cc[nH]c1.c1ccccc1.c1ccncc1.c1ccoc1.c1cncnc1.c1cocn1.c1cocn1.c1nc[nH]n1.c1nc[nH]n1.c1nnco1. The molecule has 0 aliphatic carbocycles. The molecule has 0 atom stereocenters. The minimum atomic E-state index is 1.26. The number of nitrogens with one attached hydrogen (secondary N) is 6. The van der Waals surface area contributed by atoms with Gasteiger partial charge in [-0.15, -0.1) is 10.2 Å². The maximum absolute atomic E-state index is 4.58. The predicted molar refractivity (Wildman–Crippen MR) is 248 cm³/mol. The van der Waals surface area contributed by atoms with Crippen LogP contribution in [-0.4, -0.2) is 100 Å². The molecule has 0 spiro atoms. The number of nitrogens with zero attached hydrogens (tertiary/aromatic N) is 14. The molecule has 1 aromatic carbocycles. The first-order chi connectivity index (χ1) is 34.0. The van der Waals surface area contributed by atoms with Gasteiger partial charge in [-0.1, -0.05) is 42.5 Å². The van der Waals surface area contributed by atoms with Crippen molar-refractivity contribution in [3.05, 3.63) is 273 Å². The van der Waals surface area contributed by atoms with E-state index in [0.29, 0.717) is 0 Å². The van der Waals surface area contributed by atoms with Crippen LogP contribution in [0.4, 0.5) is 0 Å². The lowest BCUT2D eigenvalue weighted by molar-refractivity contribution is 0.553. The molecule has 6 N–H and O–H groups in total. The van der Waals surface area contributed by atoms with Crippen LogP contribution in [0.3, 0.4) is 0 Å². The van der Waals surface area contributed by atoms with Gasteiger partial charge in [0.2, 0.25) is 12.8 Å². The molecule has 24 nitrogen and oxygen atoms in total. The Morgan fingerprint density at radius 1 is 0.250 bits per heavy atom. The molecule has 0 saturated heterocycles. The van der Waals surface area contributed by atoms with Gasteiger partial charge in [0.05, 0.1) is 43.9 Å². The first kappa shape index (κ1) is 55.5. The van der Waals surface area contributed by atoms with Crippen LogP contribution in [0, 0.1) is 0 Å². The number of H-pyrrole nitrogens is 6. The Morgan fingerprint density at radius 3 is 0.838 bits per heavy atom. The number of aromatic nitrogens is 20. The molecule has 0 unspecified atom stereocenters. The van der Waals surface area contributed by atoms with Crippen molar-refractivity contribution in [1.82, 2.24) is 100 Å². The largest absolute Gasteiger partial charge is 0.473 e. The highest BCUT2D eigenvalue weighted by molar-refractivity contribution is 4.99. The van der Waals surface area contributed by atoms with Crippen molar-refractivity contribution in [2.24, 2.45) is 0 Å². The third-order valence-electron chi connectivity index (χ3n) is 5.49. The Hall–Kier alpha value is -10.5. The summed E-state index contributed by atoms with van der Waals surface area (Å²) in [6, 6.07) is 27.0. The average molecular weight is 923 g/mol. The molecule has 12 aromatic heterocycles. The van der Waals surface area contributed by atoms with E-state index in [2.05, 4.69) is 118 Å². The second-order valence-corrected chi connectivity index (χ2v) is 10.3. The maximum atomic E-state index is 4.58. The van der Waals surface area contributed by atoms with Crippen molar-refractivity contribution in [3.63, 3.8) is 0 Å². The number of furan rings is 1. The molecule has 13 aromatic rings. The van der Waals surface area contributed by atoms with Crippen LogP contribution in [0.1, 0.15) is 0 Å². The summed E-state index contributed by atoms with van der Waals surface area (Å²) in [5.41, 5.74) is 0. The van der Waals surface area contributed by atoms with Crippen molar-refractivity contribution in [1.29, 1.82) is 0 Å². The average Bonchev–Trinajstić information content (AvgIpc) is 4.29. The third-order valence-corrected chi connectivity index (χ3v) is 5.49. The van der Waals surface area contributed by atoms with E-state index in [1.165, 1.54) is 69.7 Å². The molecule has 68 heavy (non-hydrogen) atoms. The molecule has 0 radical (unpaired) electrons. The van der Waals surface area contributed by atoms with Crippen LogP contribution in [0.25, 0.3) is 0 Å². The highest BCUT2D eigenvalue weighted by Crippen LogP contribution is 1.81. The van der Waals surface area contributed by atoms with Crippen molar-refractivity contribution < 1.29 is 17.7 Å². The number of hydrogen-bond acceptors (Lipinski definition) is 18. The Labute approximate surface area is 390 Å². The molecule has 0 bridgehead atoms. The number of aromatic amines is 6. The topological polar surface area (TPSA) is 328 Å². The number of imidazole rings is 3. The smallest absolute Gasteiger partial charge is 0.203 e. The summed E-state index contributed by atoms with van der Waals surface area (Å²) in [6.45, 7) is 0. The van der Waals surface area contributed by atoms with Crippen LogP contribution in [0.2, 0.25) is 0 Å². The third kappa shape index (κ3) is 49.8. The normalized spacial score (nSPS) is 8.00. The Kier molecular flexibility index (Phi) is 42.9. The molecule has 0 aliphatic rings. The van der Waals surface area contributed by atoms with Gasteiger partial charge in [0.15, 0.2) is 12.8 Å². The Morgan fingerprint density at radius 2 is 0.706 bits per heavy atom. The van der Waals surface area contributed by atoms with Crippen molar-refractivity contribution in [3.8, 4) is 0 Å². The van der Waals surface area contributed by atoms with E-state index in [9.17, 15) is 0 Å². The Bertz CT molecular complexity index is 1670. The second-order valence-electron chi connectivity index (χ2n) is 10.3. The first-order valence-corrected chi connectivity index (χ1v) is 19.3. The van der Waals surface area contributed by atoms with Gasteiger partial charge in [-0.05, 0) is 42.5 Å². The fourth-order valence-corrected chi connectivity index (χ4v) is 2.92. The summed E-state index contributed by atoms with van der Waals surface area (Å²) in [6.07, 6.45) is 48.0. The maximum Gasteiger partial charge on any atom is 0.203 e. The summed E-state index contributed by atoms with van der Waals surface area (Å²) >= 11 is 0. The quantitative estimate of drug-likeness (QED) is 0.0844. The summed E-state index contributed by atoms with van der Waals surface area (Å²) in [4.78, 5) is 47.5. The van der Waals surface area contributed by atoms with Gasteiger partial charge in [-0.2, -0.15) is 10.2 Å². The van der Waals surface area contributed by atoms with Gasteiger partial charge in [-0.3, -0.25) is 15.2 Å². The summed E-state index contributed by atoms with van der Waals surface area (Å²) in [5.74, 6) is 0. The highest BCUT2D eigenvalue weighted by Gasteiger charge is 1.64. The van der Waals surface area contributed by atoms with Crippen LogP contribution in [0.5, 0.6) is 0 Å². The van der Waals surface area contributed by atoms with Crippen molar-refractivity contribution in [2.75, 3.05) is 0 Å². The van der Waals surface area contributed by atoms with Crippen LogP contribution in [0.15, 0.2) is 291 Å². The summed E-state index contributed by atoms with van der Waals surface area (Å²) in [7, 11) is 0. The highest BCUT2D eigenvalue weighted by atomic mass is 16.3. The first-order valence-electron chi connectivity index (χ1n) is 19.3. The molecule has 12 heterocycles. The van der Waals surface area contributed by atoms with Crippen LogP contribution >= 0.6 is 0 Å². The minimum Gasteiger partial charge on any atom is -0.473 e. The van der Waals surface area contributed by atoms with Gasteiger partial charge < -0.3 is 37.6 Å². The fraction of sp³-hybridized carbons (Fsp3) is 0. The lowest BCUT2D eigenvalue weighted by atomic mass is 10.4. The fourth-order valence-electron chi connectivity index (χ4n) is 2.92. The van der Waals surface area contributed by atoms with Crippen molar-refractivity contribution in [2.45, 2.75) is 0 Å². The zero-order valence-electron chi connectivity index (χ0n) is 36.3. The number of hydrogen-bond donors (Lipinski definition) is 6. The van der Waals surface area contributed by atoms with Crippen molar-refractivity contribution >= 4 is 0 Å². The molecule has 0 aliphatic heterocycles. The molecule has 350 valence electrons. The van der Waals surface area contributed by atoms with E-state index in [1.54, 1.807) is 112 Å². The number of rotatable bonds is 0. The van der Waals surface area contributed by atoms with Crippen LogP contribution < -0.4 is 0 Å². The van der Waals surface area contributed by atoms with E-state index in [1.807, 2.05) is 91.3 Å². The van der Waals surface area contributed by atoms with E-state index in [-0.39, 0.29) is 0 Å². The molecular formula is C44H50N20O4. The van der Waals surface area contributed by atoms with E-state index >= 15 is 0 Å². The van der Waals surface area contributed by atoms with Gasteiger partial charge in [-0.25, -0.2) is 44.9 Å². The standard InChI is InChI=1S/C6H6.C5H5N.C4H4N2.C4H5N.C4H4O.3C3H4N2.2C3H3NO.2C2H3N3.C2H2N2O/c2*1-2-4-6-5-3-1;1-2-5-4-6-3-1;2*1-2-4-5-3-1;5*1-2-5-3-4-1;2*1-3-2-5-4-1;1-3-4-2-5-1/h1-6H;1-5H;1-4H;1-5H;1-4H;3*1-3H,(H,4,5);2*1-3H;2*1-2H,(H,3,4,5);1-2H. The Balaban J connectivity index is 0.000000369. The lowest BCUT2D eigenvalue weighted by Crippen LogP contribution is -1.66. The molecule has 0 saturated carbocycles. The lowest BCUT2D eigenvalue weighted by Gasteiger charge is -1.70. The monoisotopic (exact) mass is 922 g/mol. The van der Waals surface area contributed by atoms with Gasteiger partial charge in [0.25, 0.3) is 0 Å². The number of oxazole rings is 2. The second kappa shape index (κ2) is 52.6.